The van der Waals surface area contributed by atoms with Crippen molar-refractivity contribution in [3.63, 3.8) is 0 Å². The van der Waals surface area contributed by atoms with Gasteiger partial charge in [0.1, 0.15) is 0 Å². The second-order valence-electron chi connectivity index (χ2n) is 6.25. The molecule has 1 unspecified atom stereocenters. The summed E-state index contributed by atoms with van der Waals surface area (Å²) in [7, 11) is 0. The highest BCUT2D eigenvalue weighted by Crippen LogP contribution is 2.04. The minimum atomic E-state index is -0.297. The van der Waals surface area contributed by atoms with Crippen LogP contribution in [-0.4, -0.2) is 10.8 Å². The second-order valence-corrected chi connectivity index (χ2v) is 6.25. The Morgan fingerprint density at radius 1 is 0.442 bits per heavy atom. The van der Waals surface area contributed by atoms with Crippen molar-refractivity contribution in [2.75, 3.05) is 0 Å². The van der Waals surface area contributed by atoms with Gasteiger partial charge >= 0.3 is 0 Å². The third-order valence-electron chi connectivity index (χ3n) is 3.48. The molecule has 1 atom stereocenters. The van der Waals surface area contributed by atoms with E-state index in [1.807, 2.05) is 6.92 Å². The van der Waals surface area contributed by atoms with Gasteiger partial charge in [-0.05, 0) is 101 Å². The minimum Gasteiger partial charge on any atom is -0.272 e. The van der Waals surface area contributed by atoms with Crippen LogP contribution in [0.4, 0.5) is 0 Å². The molecule has 0 heterocycles. The molecule has 0 saturated heterocycles. The van der Waals surface area contributed by atoms with Crippen LogP contribution in [0.1, 0.15) is 20.3 Å². The molecule has 0 aromatic rings. The fourth-order valence-corrected chi connectivity index (χ4v) is 1.59. The van der Waals surface area contributed by atoms with Crippen LogP contribution in [0.2, 0.25) is 0 Å². The molecule has 0 aromatic carbocycles. The molecule has 0 radical (unpaired) electrons. The first kappa shape index (κ1) is 34.6. The molecule has 186 valence electrons. The fraction of sp³-hybridized carbons (Fsp3) is 0.0976. The maximum Gasteiger partial charge on any atom is 0.248 e. The van der Waals surface area contributed by atoms with Gasteiger partial charge in [0.15, 0.2) is 0 Å². The first-order valence-corrected chi connectivity index (χ1v) is 11.4. The van der Waals surface area contributed by atoms with Crippen LogP contribution in [0.25, 0.3) is 0 Å². The lowest BCUT2D eigenvalue weighted by atomic mass is 10.1. The standard InChI is InChI=1S/C41H11NO/c1-5-8-10-12-14-16-18-20-22-24-26-28-30-32-34-36-38-42(41(43)40(4)7-3)39-37-35-33-31-29-27-25-23-21-19-17-15-13-11-9-6-2/h1-2,40H,7H2,3-4H3. The average Bonchev–Trinajstić information content (AvgIpc) is 3.02. The molecule has 0 aliphatic heterocycles. The topological polar surface area (TPSA) is 20.3 Å². The number of hydrogen-bond donors (Lipinski definition) is 0. The molecule has 0 spiro atoms. The lowest BCUT2D eigenvalue weighted by Gasteiger charge is -2.11. The molecule has 0 aromatic heterocycles. The van der Waals surface area contributed by atoms with Gasteiger partial charge in [0, 0.05) is 113 Å². The highest BCUT2D eigenvalue weighted by molar-refractivity contribution is 5.82. The van der Waals surface area contributed by atoms with Crippen LogP contribution in [0.15, 0.2) is 0 Å². The Balaban J connectivity index is 5.27. The summed E-state index contributed by atoms with van der Waals surface area (Å²) in [5, 5.41) is 0. The summed E-state index contributed by atoms with van der Waals surface area (Å²) in [5.74, 6) is 77.7. The van der Waals surface area contributed by atoms with Crippen LogP contribution in [0.5, 0.6) is 0 Å². The molecule has 0 aliphatic carbocycles. The Morgan fingerprint density at radius 2 is 0.651 bits per heavy atom. The van der Waals surface area contributed by atoms with E-state index >= 15 is 0 Å². The van der Waals surface area contributed by atoms with Crippen LogP contribution >= 0.6 is 0 Å². The lowest BCUT2D eigenvalue weighted by Crippen LogP contribution is -2.27. The predicted molar refractivity (Wildman–Crippen MR) is 168 cm³/mol. The Morgan fingerprint density at radius 3 is 0.860 bits per heavy atom. The van der Waals surface area contributed by atoms with E-state index in [0.29, 0.717) is 6.42 Å². The maximum absolute atomic E-state index is 12.5. The monoisotopic (exact) mass is 533 g/mol. The molecular weight excluding hydrogens is 522 g/mol. The van der Waals surface area contributed by atoms with E-state index in [-0.39, 0.29) is 11.8 Å². The summed E-state index contributed by atoms with van der Waals surface area (Å²) in [4.78, 5) is 13.5. The van der Waals surface area contributed by atoms with Gasteiger partial charge < -0.3 is 0 Å². The molecule has 0 fully saturated rings. The SMILES string of the molecule is C#CC#CC#CC#CC#CC#CC#CC#CC#CN(C#CC#CC#CC#CC#CC#CC#CC#CC#C)C(=O)C(C)CC. The van der Waals surface area contributed by atoms with E-state index in [4.69, 9.17) is 12.8 Å². The molecule has 0 aliphatic rings. The molecule has 0 rings (SSSR count). The number of amides is 1. The summed E-state index contributed by atoms with van der Waals surface area (Å²) in [5.41, 5.74) is 0. The Labute approximate surface area is 255 Å². The van der Waals surface area contributed by atoms with Crippen molar-refractivity contribution in [3.8, 4) is 214 Å². The minimum absolute atomic E-state index is 0.290. The van der Waals surface area contributed by atoms with Gasteiger partial charge in [-0.2, -0.15) is 4.90 Å². The number of rotatable bonds is 2. The number of nitrogens with zero attached hydrogens (tertiary/aromatic N) is 1. The molecule has 2 nitrogen and oxygen atoms in total. The number of hydrogen-bond acceptors (Lipinski definition) is 1. The van der Waals surface area contributed by atoms with Crippen molar-refractivity contribution in [3.05, 3.63) is 0 Å². The van der Waals surface area contributed by atoms with Crippen molar-refractivity contribution >= 4 is 5.91 Å². The Bertz CT molecular complexity index is 2110. The number of terminal acetylenes is 2. The molecule has 1 amide bonds. The highest BCUT2D eigenvalue weighted by atomic mass is 16.2. The van der Waals surface area contributed by atoms with Crippen LogP contribution in [0.3, 0.4) is 0 Å². The van der Waals surface area contributed by atoms with Crippen LogP contribution in [-0.2, 0) is 4.79 Å². The summed E-state index contributed by atoms with van der Waals surface area (Å²) in [6, 6.07) is 5.15. The first-order chi connectivity index (χ1) is 21.2. The Kier molecular flexibility index (Phi) is 22.6. The summed E-state index contributed by atoms with van der Waals surface area (Å²) >= 11 is 0. The van der Waals surface area contributed by atoms with Gasteiger partial charge in [0.25, 0.3) is 0 Å². The highest BCUT2D eigenvalue weighted by Gasteiger charge is 2.16. The molecule has 43 heavy (non-hydrogen) atoms. The van der Waals surface area contributed by atoms with Crippen LogP contribution < -0.4 is 0 Å². The van der Waals surface area contributed by atoms with Gasteiger partial charge in [-0.15, -0.1) is 12.8 Å². The smallest absolute Gasteiger partial charge is 0.248 e. The van der Waals surface area contributed by atoms with E-state index in [0.717, 1.165) is 4.90 Å². The first-order valence-electron chi connectivity index (χ1n) is 11.4. The molecule has 0 bridgehead atoms. The zero-order chi connectivity index (χ0) is 31.5. The largest absolute Gasteiger partial charge is 0.272 e. The van der Waals surface area contributed by atoms with Crippen LogP contribution in [0, 0.1) is 220 Å². The van der Waals surface area contributed by atoms with E-state index in [9.17, 15) is 4.79 Å². The summed E-state index contributed by atoms with van der Waals surface area (Å²) in [6.45, 7) is 3.64. The van der Waals surface area contributed by atoms with E-state index in [1.165, 1.54) is 0 Å². The van der Waals surface area contributed by atoms with E-state index in [2.05, 4.69) is 202 Å². The van der Waals surface area contributed by atoms with Gasteiger partial charge in [-0.25, -0.2) is 0 Å². The zero-order valence-electron chi connectivity index (χ0n) is 22.8. The van der Waals surface area contributed by atoms with Gasteiger partial charge in [-0.1, -0.05) is 13.8 Å². The van der Waals surface area contributed by atoms with Crippen molar-refractivity contribution in [1.29, 1.82) is 0 Å². The van der Waals surface area contributed by atoms with E-state index < -0.39 is 0 Å². The average molecular weight is 534 g/mol. The maximum atomic E-state index is 12.5. The quantitative estimate of drug-likeness (QED) is 0.385. The summed E-state index contributed by atoms with van der Waals surface area (Å²) in [6.07, 6.45) is 10.5. The molecule has 0 saturated carbocycles. The van der Waals surface area contributed by atoms with Crippen molar-refractivity contribution in [1.82, 2.24) is 4.90 Å². The normalized spacial score (nSPS) is 5.77. The molecule has 0 N–H and O–H groups in total. The number of carbonyl (C=O) groups is 1. The van der Waals surface area contributed by atoms with E-state index in [1.54, 1.807) is 6.92 Å². The third kappa shape index (κ3) is 23.7. The van der Waals surface area contributed by atoms with Crippen molar-refractivity contribution in [2.24, 2.45) is 5.92 Å². The number of carbonyl (C=O) groups excluding carboxylic acids is 1. The van der Waals surface area contributed by atoms with Crippen molar-refractivity contribution < 1.29 is 4.79 Å². The van der Waals surface area contributed by atoms with Gasteiger partial charge in [0.05, 0.1) is 0 Å². The molecular formula is C41H11NO. The van der Waals surface area contributed by atoms with Gasteiger partial charge in [-0.3, -0.25) is 4.79 Å². The lowest BCUT2D eigenvalue weighted by molar-refractivity contribution is -0.129. The van der Waals surface area contributed by atoms with Crippen molar-refractivity contribution in [2.45, 2.75) is 20.3 Å². The zero-order valence-corrected chi connectivity index (χ0v) is 22.8. The molecule has 2 heteroatoms. The second kappa shape index (κ2) is 28.1. The third-order valence-corrected chi connectivity index (χ3v) is 3.48. The van der Waals surface area contributed by atoms with Gasteiger partial charge in [0.2, 0.25) is 5.91 Å². The predicted octanol–water partition coefficient (Wildman–Crippen LogP) is 1.10. The Hall–Kier alpha value is -8.45. The summed E-state index contributed by atoms with van der Waals surface area (Å²) < 4.78 is 0. The fourth-order valence-electron chi connectivity index (χ4n) is 1.59.